The predicted molar refractivity (Wildman–Crippen MR) is 120 cm³/mol. The minimum Gasteiger partial charge on any atom is -0.350 e. The Labute approximate surface area is 175 Å². The Hall–Kier alpha value is -2.34. The highest BCUT2D eigenvalue weighted by Gasteiger charge is 2.20. The van der Waals surface area contributed by atoms with Crippen molar-refractivity contribution < 1.29 is 13.2 Å². The van der Waals surface area contributed by atoms with Gasteiger partial charge < -0.3 is 5.32 Å². The third kappa shape index (κ3) is 6.07. The van der Waals surface area contributed by atoms with Crippen molar-refractivity contribution in [2.24, 2.45) is 0 Å². The van der Waals surface area contributed by atoms with Crippen molar-refractivity contribution in [3.05, 3.63) is 64.2 Å². The average Bonchev–Trinajstić information content (AvgIpc) is 2.63. The predicted octanol–water partition coefficient (Wildman–Crippen LogP) is 4.34. The number of hydrogen-bond acceptors (Lipinski definition) is 3. The van der Waals surface area contributed by atoms with Gasteiger partial charge in [0.2, 0.25) is 15.9 Å². The lowest BCUT2D eigenvalue weighted by Gasteiger charge is -2.25. The Kier molecular flexibility index (Phi) is 7.47. The van der Waals surface area contributed by atoms with E-state index in [1.807, 2.05) is 45.0 Å². The van der Waals surface area contributed by atoms with Crippen molar-refractivity contribution in [2.45, 2.75) is 53.5 Å². The molecule has 0 heterocycles. The van der Waals surface area contributed by atoms with E-state index >= 15 is 0 Å². The van der Waals surface area contributed by atoms with Crippen LogP contribution in [0.3, 0.4) is 0 Å². The lowest BCUT2D eigenvalue weighted by molar-refractivity contribution is -0.121. The molecule has 1 N–H and O–H groups in total. The minimum atomic E-state index is -3.43. The van der Waals surface area contributed by atoms with Crippen molar-refractivity contribution >= 4 is 21.6 Å². The maximum atomic E-state index is 12.4. The lowest BCUT2D eigenvalue weighted by Crippen LogP contribution is -2.33. The monoisotopic (exact) mass is 416 g/mol. The van der Waals surface area contributed by atoms with Crippen LogP contribution in [0, 0.1) is 27.7 Å². The standard InChI is InChI=1S/C23H32N2O3S/c1-16-12-13-21(15-18(16)3)20(5)24-23(26)11-8-14-25(29(6,27)28)22-10-7-9-17(2)19(22)4/h7,9-10,12-13,15,20H,8,11,14H2,1-6H3,(H,24,26)/t20-/m0/s1. The van der Waals surface area contributed by atoms with Crippen molar-refractivity contribution in [1.82, 2.24) is 5.32 Å². The van der Waals surface area contributed by atoms with Crippen LogP contribution >= 0.6 is 0 Å². The highest BCUT2D eigenvalue weighted by Crippen LogP contribution is 2.25. The fourth-order valence-corrected chi connectivity index (χ4v) is 4.30. The summed E-state index contributed by atoms with van der Waals surface area (Å²) in [6.45, 7) is 10.2. The van der Waals surface area contributed by atoms with Crippen molar-refractivity contribution in [2.75, 3.05) is 17.1 Å². The number of aryl methyl sites for hydroxylation is 3. The fraction of sp³-hybridized carbons (Fsp3) is 0.435. The Morgan fingerprint density at radius 1 is 1.03 bits per heavy atom. The highest BCUT2D eigenvalue weighted by atomic mass is 32.2. The summed E-state index contributed by atoms with van der Waals surface area (Å²) >= 11 is 0. The molecule has 1 amide bonds. The summed E-state index contributed by atoms with van der Waals surface area (Å²) in [5.41, 5.74) is 6.13. The first kappa shape index (κ1) is 22.9. The molecule has 158 valence electrons. The van der Waals surface area contributed by atoms with E-state index in [4.69, 9.17) is 0 Å². The van der Waals surface area contributed by atoms with Gasteiger partial charge in [0.15, 0.2) is 0 Å². The molecule has 29 heavy (non-hydrogen) atoms. The first-order chi connectivity index (χ1) is 13.5. The zero-order valence-electron chi connectivity index (χ0n) is 18.2. The summed E-state index contributed by atoms with van der Waals surface area (Å²) < 4.78 is 26.0. The Morgan fingerprint density at radius 3 is 2.34 bits per heavy atom. The molecule has 2 aromatic carbocycles. The first-order valence-corrected chi connectivity index (χ1v) is 11.8. The van der Waals surface area contributed by atoms with Gasteiger partial charge in [0.1, 0.15) is 0 Å². The van der Waals surface area contributed by atoms with Crippen LogP contribution in [-0.4, -0.2) is 27.1 Å². The number of hydrogen-bond donors (Lipinski definition) is 1. The molecule has 0 aliphatic carbocycles. The van der Waals surface area contributed by atoms with Gasteiger partial charge in [-0.15, -0.1) is 0 Å². The molecular weight excluding hydrogens is 384 g/mol. The van der Waals surface area contributed by atoms with Crippen molar-refractivity contribution in [1.29, 1.82) is 0 Å². The summed E-state index contributed by atoms with van der Waals surface area (Å²) in [4.78, 5) is 12.4. The summed E-state index contributed by atoms with van der Waals surface area (Å²) in [5.74, 6) is -0.0786. The van der Waals surface area contributed by atoms with Crippen LogP contribution in [0.2, 0.25) is 0 Å². The minimum absolute atomic E-state index is 0.0786. The highest BCUT2D eigenvalue weighted by molar-refractivity contribution is 7.92. The smallest absolute Gasteiger partial charge is 0.232 e. The number of sulfonamides is 1. The molecule has 6 heteroatoms. The quantitative estimate of drug-likeness (QED) is 0.696. The van der Waals surface area contributed by atoms with E-state index in [0.717, 1.165) is 16.7 Å². The van der Waals surface area contributed by atoms with Gasteiger partial charge in [-0.1, -0.05) is 30.3 Å². The number of nitrogens with one attached hydrogen (secondary N) is 1. The topological polar surface area (TPSA) is 66.5 Å². The van der Waals surface area contributed by atoms with Crippen molar-refractivity contribution in [3.63, 3.8) is 0 Å². The molecule has 0 saturated heterocycles. The molecule has 0 aliphatic rings. The van der Waals surface area contributed by atoms with Gasteiger partial charge >= 0.3 is 0 Å². The number of anilines is 1. The van der Waals surface area contributed by atoms with E-state index < -0.39 is 10.0 Å². The summed E-state index contributed by atoms with van der Waals surface area (Å²) in [5, 5.41) is 3.01. The number of nitrogens with zero attached hydrogens (tertiary/aromatic N) is 1. The van der Waals surface area contributed by atoms with Crippen LogP contribution in [0.15, 0.2) is 36.4 Å². The van der Waals surface area contributed by atoms with Gasteiger partial charge in [0.05, 0.1) is 18.0 Å². The second kappa shape index (κ2) is 9.44. The summed E-state index contributed by atoms with van der Waals surface area (Å²) in [6, 6.07) is 11.7. The third-order valence-electron chi connectivity index (χ3n) is 5.42. The Bertz CT molecular complexity index is 984. The van der Waals surface area contributed by atoms with Crippen LogP contribution in [0.4, 0.5) is 5.69 Å². The number of carbonyl (C=O) groups excluding carboxylic acids is 1. The Morgan fingerprint density at radius 2 is 1.72 bits per heavy atom. The van der Waals surface area contributed by atoms with E-state index in [2.05, 4.69) is 31.3 Å². The number of amides is 1. The van der Waals surface area contributed by atoms with Gasteiger partial charge in [-0.2, -0.15) is 0 Å². The van der Waals surface area contributed by atoms with E-state index in [1.165, 1.54) is 21.7 Å². The van der Waals surface area contributed by atoms with Crippen LogP contribution < -0.4 is 9.62 Å². The second-order valence-electron chi connectivity index (χ2n) is 7.79. The van der Waals surface area contributed by atoms with Gasteiger partial charge in [0, 0.05) is 13.0 Å². The first-order valence-electron chi connectivity index (χ1n) is 9.91. The molecule has 2 rings (SSSR count). The van der Waals surface area contributed by atoms with Crippen molar-refractivity contribution in [3.8, 4) is 0 Å². The third-order valence-corrected chi connectivity index (χ3v) is 6.60. The van der Waals surface area contributed by atoms with Gasteiger partial charge in [-0.25, -0.2) is 8.42 Å². The lowest BCUT2D eigenvalue weighted by atomic mass is 10.0. The molecule has 0 aromatic heterocycles. The van der Waals surface area contributed by atoms with Gasteiger partial charge in [-0.05, 0) is 74.9 Å². The van der Waals surface area contributed by atoms with Crippen LogP contribution in [0.5, 0.6) is 0 Å². The maximum absolute atomic E-state index is 12.4. The van der Waals surface area contributed by atoms with E-state index in [0.29, 0.717) is 12.1 Å². The Balaban J connectivity index is 1.99. The molecule has 0 aliphatic heterocycles. The molecule has 0 fully saturated rings. The van der Waals surface area contributed by atoms with Gasteiger partial charge in [-0.3, -0.25) is 9.10 Å². The van der Waals surface area contributed by atoms with E-state index in [9.17, 15) is 13.2 Å². The average molecular weight is 417 g/mol. The molecule has 5 nitrogen and oxygen atoms in total. The molecule has 0 unspecified atom stereocenters. The zero-order valence-corrected chi connectivity index (χ0v) is 19.1. The molecule has 0 bridgehead atoms. The fourth-order valence-electron chi connectivity index (χ4n) is 3.28. The summed E-state index contributed by atoms with van der Waals surface area (Å²) in [6.07, 6.45) is 1.93. The maximum Gasteiger partial charge on any atom is 0.232 e. The largest absolute Gasteiger partial charge is 0.350 e. The zero-order chi connectivity index (χ0) is 21.8. The SMILES string of the molecule is Cc1ccc([C@H](C)NC(=O)CCCN(c2cccc(C)c2C)S(C)(=O)=O)cc1C. The molecular formula is C23H32N2O3S. The second-order valence-corrected chi connectivity index (χ2v) is 9.70. The number of benzene rings is 2. The molecule has 0 saturated carbocycles. The summed E-state index contributed by atoms with van der Waals surface area (Å²) in [7, 11) is -3.43. The molecule has 0 radical (unpaired) electrons. The molecule has 2 aromatic rings. The van der Waals surface area contributed by atoms with Crippen LogP contribution in [-0.2, 0) is 14.8 Å². The number of carbonyl (C=O) groups is 1. The number of rotatable bonds is 8. The van der Waals surface area contributed by atoms with Crippen LogP contribution in [0.1, 0.15) is 53.6 Å². The molecule has 1 atom stereocenters. The molecule has 0 spiro atoms. The van der Waals surface area contributed by atoms with Crippen LogP contribution in [0.25, 0.3) is 0 Å². The normalized spacial score (nSPS) is 12.5. The van der Waals surface area contributed by atoms with E-state index in [1.54, 1.807) is 0 Å². The van der Waals surface area contributed by atoms with Gasteiger partial charge in [0.25, 0.3) is 0 Å². The van der Waals surface area contributed by atoms with E-state index in [-0.39, 0.29) is 24.9 Å².